The van der Waals surface area contributed by atoms with E-state index in [0.29, 0.717) is 19.3 Å². The summed E-state index contributed by atoms with van der Waals surface area (Å²) in [6.07, 6.45) is 4.54. The molecular weight excluding hydrogens is 500 g/mol. The fraction of sp³-hybridized carbons (Fsp3) is 0.536. The summed E-state index contributed by atoms with van der Waals surface area (Å²) in [6.45, 7) is 7.58. The first-order valence-corrected chi connectivity index (χ1v) is 14.2. The number of ether oxygens (including phenoxy) is 1. The molecule has 0 bridgehead atoms. The Morgan fingerprint density at radius 3 is 2.92 bits per heavy atom. The number of benzene rings is 1. The van der Waals surface area contributed by atoms with Gasteiger partial charge in [0.15, 0.2) is 5.13 Å². The van der Waals surface area contributed by atoms with Crippen LogP contribution in [0.2, 0.25) is 0 Å². The van der Waals surface area contributed by atoms with Gasteiger partial charge >= 0.3 is 0 Å². The minimum atomic E-state index is -0.290. The number of H-pyrrole nitrogens is 1. The number of hydrogen-bond acceptors (Lipinski definition) is 7. The Bertz CT molecular complexity index is 1380. The molecule has 2 atom stereocenters. The number of nitrogens with zero attached hydrogens (tertiary/aromatic N) is 4. The first kappa shape index (κ1) is 25.3. The fourth-order valence-electron chi connectivity index (χ4n) is 5.93. The van der Waals surface area contributed by atoms with Crippen LogP contribution in [0.5, 0.6) is 0 Å². The molecule has 9 nitrogen and oxygen atoms in total. The van der Waals surface area contributed by atoms with Crippen LogP contribution >= 0.6 is 11.3 Å². The monoisotopic (exact) mass is 536 g/mol. The number of anilines is 1. The topological polar surface area (TPSA) is 93.8 Å². The molecule has 3 aromatic rings. The van der Waals surface area contributed by atoms with Crippen molar-refractivity contribution in [2.75, 3.05) is 51.8 Å². The maximum absolute atomic E-state index is 13.3. The third-order valence-electron chi connectivity index (χ3n) is 8.08. The molecule has 2 saturated heterocycles. The van der Waals surface area contributed by atoms with Gasteiger partial charge < -0.3 is 29.7 Å². The van der Waals surface area contributed by atoms with Crippen LogP contribution in [0.1, 0.15) is 51.6 Å². The lowest BCUT2D eigenvalue weighted by molar-refractivity contribution is 0.0782. The summed E-state index contributed by atoms with van der Waals surface area (Å²) < 4.78 is 5.89. The highest BCUT2D eigenvalue weighted by Crippen LogP contribution is 2.34. The number of morpholine rings is 1. The Labute approximate surface area is 227 Å². The lowest BCUT2D eigenvalue weighted by atomic mass is 9.94. The van der Waals surface area contributed by atoms with Crippen molar-refractivity contribution in [2.45, 2.75) is 50.7 Å². The highest BCUT2D eigenvalue weighted by atomic mass is 32.1. The normalized spacial score (nSPS) is 23.2. The fourth-order valence-corrected chi connectivity index (χ4v) is 7.00. The molecule has 1 aromatic carbocycles. The summed E-state index contributed by atoms with van der Waals surface area (Å²) in [7, 11) is 4.15. The standard InChI is InChI=1S/C28H36N6O3S/c1-28(2)13-23-24(25(35)31-28)38-27(30-23)34-9-10-37-16-20(34)11-18-14-29-22-6-5-17(12-21(18)22)26(36)33-8-7-19(15-33)32(3)4/h5-6,12,14,19-20,29H,7-11,13,15-16H2,1-4H3,(H,31,35)/t19-,20-/m0/s1. The largest absolute Gasteiger partial charge is 0.377 e. The molecular formula is C28H36N6O3S. The number of hydrogen-bond donors (Lipinski definition) is 2. The summed E-state index contributed by atoms with van der Waals surface area (Å²) in [5, 5.41) is 5.05. The van der Waals surface area contributed by atoms with Crippen LogP contribution in [0.4, 0.5) is 5.13 Å². The van der Waals surface area contributed by atoms with E-state index in [9.17, 15) is 9.59 Å². The van der Waals surface area contributed by atoms with Gasteiger partial charge in [0, 0.05) is 60.3 Å². The Morgan fingerprint density at radius 1 is 1.29 bits per heavy atom. The van der Waals surface area contributed by atoms with Gasteiger partial charge in [0.25, 0.3) is 11.8 Å². The van der Waals surface area contributed by atoms with Crippen molar-refractivity contribution in [2.24, 2.45) is 0 Å². The number of carbonyl (C=O) groups is 2. The van der Waals surface area contributed by atoms with E-state index in [-0.39, 0.29) is 23.4 Å². The molecule has 0 unspecified atom stereocenters. The molecule has 202 valence electrons. The van der Waals surface area contributed by atoms with Gasteiger partial charge in [-0.15, -0.1) is 0 Å². The Morgan fingerprint density at radius 2 is 2.13 bits per heavy atom. The number of carbonyl (C=O) groups excluding carboxylic acids is 2. The minimum Gasteiger partial charge on any atom is -0.377 e. The van der Waals surface area contributed by atoms with E-state index in [1.54, 1.807) is 0 Å². The molecule has 3 aliphatic heterocycles. The molecule has 5 heterocycles. The number of thiazole rings is 1. The number of fused-ring (bicyclic) bond motifs is 2. The number of amides is 2. The third-order valence-corrected chi connectivity index (χ3v) is 9.21. The summed E-state index contributed by atoms with van der Waals surface area (Å²) in [6, 6.07) is 6.48. The molecule has 10 heteroatoms. The first-order chi connectivity index (χ1) is 18.2. The van der Waals surface area contributed by atoms with E-state index >= 15 is 0 Å². The molecule has 2 amide bonds. The lowest BCUT2D eigenvalue weighted by Crippen LogP contribution is -2.48. The molecule has 2 aromatic heterocycles. The highest BCUT2D eigenvalue weighted by molar-refractivity contribution is 7.17. The Balaban J connectivity index is 1.24. The van der Waals surface area contributed by atoms with Crippen molar-refractivity contribution in [1.82, 2.24) is 25.1 Å². The number of likely N-dealkylation sites (tertiary alicyclic amines) is 1. The first-order valence-electron chi connectivity index (χ1n) is 13.4. The predicted octanol–water partition coefficient (Wildman–Crippen LogP) is 2.91. The molecule has 0 spiro atoms. The zero-order valence-corrected chi connectivity index (χ0v) is 23.4. The van der Waals surface area contributed by atoms with Crippen molar-refractivity contribution in [1.29, 1.82) is 0 Å². The van der Waals surface area contributed by atoms with E-state index in [0.717, 1.165) is 76.6 Å². The maximum atomic E-state index is 13.3. The van der Waals surface area contributed by atoms with Crippen molar-refractivity contribution in [3.8, 4) is 0 Å². The minimum absolute atomic E-state index is 0.0338. The van der Waals surface area contributed by atoms with Crippen LogP contribution in [0.3, 0.4) is 0 Å². The van der Waals surface area contributed by atoms with Crippen molar-refractivity contribution in [3.05, 3.63) is 46.1 Å². The summed E-state index contributed by atoms with van der Waals surface area (Å²) in [5.41, 5.74) is 3.51. The van der Waals surface area contributed by atoms with E-state index in [2.05, 4.69) is 34.2 Å². The number of likely N-dealkylation sites (N-methyl/N-ethyl adjacent to an activating group) is 1. The van der Waals surface area contributed by atoms with Gasteiger partial charge in [-0.05, 0) is 64.5 Å². The van der Waals surface area contributed by atoms with Crippen molar-refractivity contribution >= 4 is 39.2 Å². The predicted molar refractivity (Wildman–Crippen MR) is 149 cm³/mol. The van der Waals surface area contributed by atoms with E-state index < -0.39 is 0 Å². The molecule has 2 N–H and O–H groups in total. The second-order valence-electron chi connectivity index (χ2n) is 11.6. The van der Waals surface area contributed by atoms with Gasteiger partial charge in [0.05, 0.1) is 24.9 Å². The SMILES string of the molecule is CN(C)[C@H]1CCN(C(=O)c2ccc3[nH]cc(C[C@H]4COCCN4c4nc5c(s4)C(=O)NC(C)(C)C5)c3c2)C1. The van der Waals surface area contributed by atoms with Crippen molar-refractivity contribution in [3.63, 3.8) is 0 Å². The highest BCUT2D eigenvalue weighted by Gasteiger charge is 2.36. The number of rotatable bonds is 5. The van der Waals surface area contributed by atoms with E-state index in [1.165, 1.54) is 11.3 Å². The van der Waals surface area contributed by atoms with Gasteiger partial charge in [-0.25, -0.2) is 4.98 Å². The number of aromatic nitrogens is 2. The van der Waals surface area contributed by atoms with E-state index in [4.69, 9.17) is 9.72 Å². The molecule has 6 rings (SSSR count). The zero-order valence-electron chi connectivity index (χ0n) is 22.5. The smallest absolute Gasteiger partial charge is 0.263 e. The average Bonchev–Trinajstić information content (AvgIpc) is 3.62. The van der Waals surface area contributed by atoms with Crippen LogP contribution in [0, 0.1) is 0 Å². The molecule has 0 radical (unpaired) electrons. The molecule has 38 heavy (non-hydrogen) atoms. The maximum Gasteiger partial charge on any atom is 0.263 e. The number of aromatic amines is 1. The third kappa shape index (κ3) is 4.69. The average molecular weight is 537 g/mol. The van der Waals surface area contributed by atoms with Gasteiger partial charge in [-0.3, -0.25) is 9.59 Å². The van der Waals surface area contributed by atoms with Crippen molar-refractivity contribution < 1.29 is 14.3 Å². The molecule has 0 aliphatic carbocycles. The second kappa shape index (κ2) is 9.66. The van der Waals surface area contributed by atoms with E-state index in [1.807, 2.05) is 43.1 Å². The van der Waals surface area contributed by atoms with Crippen LogP contribution in [-0.2, 0) is 17.6 Å². The van der Waals surface area contributed by atoms with Gasteiger partial charge in [0.1, 0.15) is 4.88 Å². The van der Waals surface area contributed by atoms with Crippen LogP contribution in [0.25, 0.3) is 10.9 Å². The van der Waals surface area contributed by atoms with Gasteiger partial charge in [-0.2, -0.15) is 0 Å². The Hall–Kier alpha value is -2.95. The van der Waals surface area contributed by atoms with Crippen LogP contribution in [-0.4, -0.2) is 96.1 Å². The summed E-state index contributed by atoms with van der Waals surface area (Å²) >= 11 is 1.48. The lowest BCUT2D eigenvalue weighted by Gasteiger charge is -2.35. The molecule has 2 fully saturated rings. The second-order valence-corrected chi connectivity index (χ2v) is 12.6. The van der Waals surface area contributed by atoms with Gasteiger partial charge in [-0.1, -0.05) is 11.3 Å². The quantitative estimate of drug-likeness (QED) is 0.521. The zero-order chi connectivity index (χ0) is 26.6. The molecule has 0 saturated carbocycles. The van der Waals surface area contributed by atoms with Gasteiger partial charge in [0.2, 0.25) is 0 Å². The number of nitrogens with one attached hydrogen (secondary N) is 2. The summed E-state index contributed by atoms with van der Waals surface area (Å²) in [4.78, 5) is 41.5. The van der Waals surface area contributed by atoms with Crippen LogP contribution < -0.4 is 10.2 Å². The van der Waals surface area contributed by atoms with Crippen LogP contribution in [0.15, 0.2) is 24.4 Å². The summed E-state index contributed by atoms with van der Waals surface area (Å²) in [5.74, 6) is 0.0640. The molecule has 3 aliphatic rings. The Kier molecular flexibility index (Phi) is 6.44.